The fourth-order valence-corrected chi connectivity index (χ4v) is 3.56. The standard InChI is InChI=1S/C10H6Br2F2N4O2S/c11-7-3-16-10(9(12)17-7)18-21(19,20)6-2-4(15)1-5(13)8(6)14/h1-3H,15H2,(H,16,18). The van der Waals surface area contributed by atoms with Gasteiger partial charge in [0.15, 0.2) is 22.1 Å². The zero-order valence-corrected chi connectivity index (χ0v) is 13.9. The molecule has 0 saturated carbocycles. The summed E-state index contributed by atoms with van der Waals surface area (Å²) >= 11 is 6.04. The number of sulfonamides is 1. The predicted molar refractivity (Wildman–Crippen MR) is 79.0 cm³/mol. The fraction of sp³-hybridized carbons (Fsp3) is 0. The van der Waals surface area contributed by atoms with E-state index in [1.807, 2.05) is 4.72 Å². The van der Waals surface area contributed by atoms with Gasteiger partial charge in [-0.1, -0.05) is 0 Å². The number of benzene rings is 1. The zero-order valence-electron chi connectivity index (χ0n) is 9.94. The van der Waals surface area contributed by atoms with E-state index in [2.05, 4.69) is 41.8 Å². The first kappa shape index (κ1) is 16.0. The van der Waals surface area contributed by atoms with Crippen LogP contribution in [0.3, 0.4) is 0 Å². The van der Waals surface area contributed by atoms with Gasteiger partial charge in [0.1, 0.15) is 9.50 Å². The van der Waals surface area contributed by atoms with Gasteiger partial charge in [-0.25, -0.2) is 27.2 Å². The quantitative estimate of drug-likeness (QED) is 0.710. The number of nitrogens with one attached hydrogen (secondary N) is 1. The minimum Gasteiger partial charge on any atom is -0.399 e. The van der Waals surface area contributed by atoms with E-state index in [1.54, 1.807) is 0 Å². The second kappa shape index (κ2) is 5.81. The Kier molecular flexibility index (Phi) is 4.44. The molecule has 1 aromatic carbocycles. The highest BCUT2D eigenvalue weighted by molar-refractivity contribution is 9.11. The highest BCUT2D eigenvalue weighted by Crippen LogP contribution is 2.26. The van der Waals surface area contributed by atoms with Crippen LogP contribution >= 0.6 is 31.9 Å². The molecule has 0 atom stereocenters. The van der Waals surface area contributed by atoms with Crippen LogP contribution in [0, 0.1) is 11.6 Å². The van der Waals surface area contributed by atoms with Crippen molar-refractivity contribution in [3.05, 3.63) is 39.2 Å². The van der Waals surface area contributed by atoms with Gasteiger partial charge in [-0.05, 0) is 44.0 Å². The molecule has 0 unspecified atom stereocenters. The van der Waals surface area contributed by atoms with Gasteiger partial charge in [-0.15, -0.1) is 0 Å². The van der Waals surface area contributed by atoms with E-state index in [1.165, 1.54) is 6.20 Å². The van der Waals surface area contributed by atoms with Crippen LogP contribution in [0.4, 0.5) is 20.3 Å². The molecule has 3 N–H and O–H groups in total. The first-order valence-corrected chi connectivity index (χ1v) is 8.23. The van der Waals surface area contributed by atoms with E-state index < -0.39 is 26.6 Å². The maximum Gasteiger partial charge on any atom is 0.266 e. The first-order valence-electron chi connectivity index (χ1n) is 5.16. The molecule has 0 bridgehead atoms. The van der Waals surface area contributed by atoms with E-state index in [0.717, 1.165) is 6.07 Å². The third-order valence-electron chi connectivity index (χ3n) is 2.24. The molecule has 112 valence electrons. The molecule has 11 heteroatoms. The van der Waals surface area contributed by atoms with E-state index in [9.17, 15) is 17.2 Å². The monoisotopic (exact) mass is 442 g/mol. The summed E-state index contributed by atoms with van der Waals surface area (Å²) in [6, 6.07) is 1.49. The van der Waals surface area contributed by atoms with E-state index in [-0.39, 0.29) is 16.1 Å². The van der Waals surface area contributed by atoms with Gasteiger partial charge >= 0.3 is 0 Å². The lowest BCUT2D eigenvalue weighted by molar-refractivity contribution is 0.486. The number of halogens is 4. The van der Waals surface area contributed by atoms with Crippen molar-refractivity contribution < 1.29 is 17.2 Å². The van der Waals surface area contributed by atoms with Crippen LogP contribution in [0.5, 0.6) is 0 Å². The van der Waals surface area contributed by atoms with Gasteiger partial charge < -0.3 is 5.73 Å². The fourth-order valence-electron chi connectivity index (χ4n) is 1.38. The number of nitrogens with zero attached hydrogens (tertiary/aromatic N) is 2. The number of hydrogen-bond donors (Lipinski definition) is 2. The molecule has 0 saturated heterocycles. The minimum absolute atomic E-state index is 0.0743. The summed E-state index contributed by atoms with van der Waals surface area (Å²) in [5.41, 5.74) is 5.10. The van der Waals surface area contributed by atoms with Crippen molar-refractivity contribution in [1.29, 1.82) is 0 Å². The lowest BCUT2D eigenvalue weighted by atomic mass is 10.3. The molecular formula is C10H6Br2F2N4O2S. The smallest absolute Gasteiger partial charge is 0.266 e. The summed E-state index contributed by atoms with van der Waals surface area (Å²) < 4.78 is 53.5. The molecule has 21 heavy (non-hydrogen) atoms. The Morgan fingerprint density at radius 2 is 1.90 bits per heavy atom. The van der Waals surface area contributed by atoms with Crippen LogP contribution in [0.2, 0.25) is 0 Å². The second-order valence-electron chi connectivity index (χ2n) is 3.75. The summed E-state index contributed by atoms with van der Waals surface area (Å²) in [5.74, 6) is -3.07. The third kappa shape index (κ3) is 3.47. The highest BCUT2D eigenvalue weighted by Gasteiger charge is 2.24. The molecule has 6 nitrogen and oxygen atoms in total. The van der Waals surface area contributed by atoms with Gasteiger partial charge in [0.2, 0.25) is 0 Å². The largest absolute Gasteiger partial charge is 0.399 e. The number of nitrogen functional groups attached to an aromatic ring is 1. The Morgan fingerprint density at radius 1 is 1.24 bits per heavy atom. The molecule has 2 aromatic rings. The zero-order chi connectivity index (χ0) is 15.8. The van der Waals surface area contributed by atoms with Crippen LogP contribution in [-0.4, -0.2) is 18.4 Å². The van der Waals surface area contributed by atoms with Crippen LogP contribution in [0.15, 0.2) is 32.4 Å². The van der Waals surface area contributed by atoms with Crippen molar-refractivity contribution in [1.82, 2.24) is 9.97 Å². The van der Waals surface area contributed by atoms with Crippen LogP contribution in [-0.2, 0) is 10.0 Å². The lowest BCUT2D eigenvalue weighted by Gasteiger charge is -2.10. The maximum atomic E-state index is 13.6. The molecular weight excluding hydrogens is 438 g/mol. The number of aromatic nitrogens is 2. The Balaban J connectivity index is 2.48. The van der Waals surface area contributed by atoms with Crippen molar-refractivity contribution in [2.45, 2.75) is 4.90 Å². The molecule has 2 rings (SSSR count). The van der Waals surface area contributed by atoms with Crippen LogP contribution in [0.1, 0.15) is 0 Å². The van der Waals surface area contributed by atoms with Crippen molar-refractivity contribution in [3.8, 4) is 0 Å². The molecule has 0 spiro atoms. The topological polar surface area (TPSA) is 98.0 Å². The van der Waals surface area contributed by atoms with Crippen molar-refractivity contribution in [3.63, 3.8) is 0 Å². The molecule has 0 aliphatic heterocycles. The Bertz CT molecular complexity index is 817. The Morgan fingerprint density at radius 3 is 2.52 bits per heavy atom. The summed E-state index contributed by atoms with van der Waals surface area (Å²) in [7, 11) is -4.42. The maximum absolute atomic E-state index is 13.6. The number of hydrogen-bond acceptors (Lipinski definition) is 5. The Labute approximate surface area is 135 Å². The highest BCUT2D eigenvalue weighted by atomic mass is 79.9. The summed E-state index contributed by atoms with van der Waals surface area (Å²) in [6.07, 6.45) is 1.24. The van der Waals surface area contributed by atoms with Gasteiger partial charge in [0, 0.05) is 5.69 Å². The van der Waals surface area contributed by atoms with Gasteiger partial charge in [0.05, 0.1) is 6.20 Å². The molecule has 0 amide bonds. The van der Waals surface area contributed by atoms with E-state index in [0.29, 0.717) is 10.7 Å². The van der Waals surface area contributed by atoms with Crippen LogP contribution < -0.4 is 10.5 Å². The number of anilines is 2. The van der Waals surface area contributed by atoms with Gasteiger partial charge in [-0.3, -0.25) is 4.72 Å². The van der Waals surface area contributed by atoms with Crippen molar-refractivity contribution in [2.75, 3.05) is 10.5 Å². The van der Waals surface area contributed by atoms with E-state index in [4.69, 9.17) is 5.73 Å². The summed E-state index contributed by atoms with van der Waals surface area (Å²) in [5, 5.41) is 0. The first-order chi connectivity index (χ1) is 9.70. The summed E-state index contributed by atoms with van der Waals surface area (Å²) in [6.45, 7) is 0. The average Bonchev–Trinajstić information content (AvgIpc) is 2.37. The third-order valence-corrected chi connectivity index (χ3v) is 4.51. The van der Waals surface area contributed by atoms with Crippen LogP contribution in [0.25, 0.3) is 0 Å². The van der Waals surface area contributed by atoms with Gasteiger partial charge in [0.25, 0.3) is 10.0 Å². The normalized spacial score (nSPS) is 11.4. The SMILES string of the molecule is Nc1cc(F)c(F)c(S(=O)(=O)Nc2ncc(Br)nc2Br)c1. The number of nitrogens with two attached hydrogens (primary N) is 1. The molecule has 1 aromatic heterocycles. The molecule has 1 heterocycles. The predicted octanol–water partition coefficient (Wildman–Crippen LogP) is 2.66. The molecule has 0 aliphatic carbocycles. The average molecular weight is 444 g/mol. The summed E-state index contributed by atoms with van der Waals surface area (Å²) in [4.78, 5) is 6.71. The molecule has 0 aliphatic rings. The number of rotatable bonds is 3. The second-order valence-corrected chi connectivity index (χ2v) is 6.97. The van der Waals surface area contributed by atoms with Crippen molar-refractivity contribution >= 4 is 53.4 Å². The minimum atomic E-state index is -4.42. The van der Waals surface area contributed by atoms with Crippen molar-refractivity contribution in [2.24, 2.45) is 0 Å². The van der Waals surface area contributed by atoms with E-state index >= 15 is 0 Å². The molecule has 0 radical (unpaired) electrons. The van der Waals surface area contributed by atoms with Gasteiger partial charge in [-0.2, -0.15) is 0 Å². The lowest BCUT2D eigenvalue weighted by Crippen LogP contribution is -2.17. The Hall–Kier alpha value is -1.33. The molecule has 0 fully saturated rings.